The Morgan fingerprint density at radius 3 is 2.91 bits per heavy atom. The summed E-state index contributed by atoms with van der Waals surface area (Å²) in [5.74, 6) is 0.895. The number of rotatable bonds is 6. The van der Waals surface area contributed by atoms with Crippen LogP contribution in [0.5, 0.6) is 5.75 Å². The topological polar surface area (TPSA) is 70.6 Å². The standard InChI is InChI=1S/C17H26N2O3/c1-17(2,9-10-20)11-18-16(21)19-14-8-7-13-12(14)5-4-6-15(13)22-3/h4-6,14,20H,7-11H2,1-3H3,(H2,18,19,21). The summed E-state index contributed by atoms with van der Waals surface area (Å²) in [7, 11) is 1.67. The summed E-state index contributed by atoms with van der Waals surface area (Å²) in [6.07, 6.45) is 2.47. The van der Waals surface area contributed by atoms with Gasteiger partial charge in [-0.2, -0.15) is 0 Å². The minimum atomic E-state index is -0.160. The summed E-state index contributed by atoms with van der Waals surface area (Å²) < 4.78 is 5.38. The van der Waals surface area contributed by atoms with E-state index in [-0.39, 0.29) is 24.1 Å². The lowest BCUT2D eigenvalue weighted by Gasteiger charge is -2.24. The molecular formula is C17H26N2O3. The van der Waals surface area contributed by atoms with Crippen LogP contribution in [0.2, 0.25) is 0 Å². The molecule has 1 unspecified atom stereocenters. The zero-order valence-electron chi connectivity index (χ0n) is 13.6. The highest BCUT2D eigenvalue weighted by molar-refractivity contribution is 5.74. The van der Waals surface area contributed by atoms with Crippen LogP contribution in [0.3, 0.4) is 0 Å². The largest absolute Gasteiger partial charge is 0.496 e. The summed E-state index contributed by atoms with van der Waals surface area (Å²) in [5.41, 5.74) is 2.23. The van der Waals surface area contributed by atoms with Crippen molar-refractivity contribution in [3.8, 4) is 5.75 Å². The van der Waals surface area contributed by atoms with Crippen LogP contribution >= 0.6 is 0 Å². The van der Waals surface area contributed by atoms with Gasteiger partial charge in [0.1, 0.15) is 5.75 Å². The molecule has 1 aliphatic rings. The van der Waals surface area contributed by atoms with Crippen molar-refractivity contribution in [3.05, 3.63) is 29.3 Å². The van der Waals surface area contributed by atoms with Gasteiger partial charge in [0.15, 0.2) is 0 Å². The fourth-order valence-electron chi connectivity index (χ4n) is 2.88. The number of methoxy groups -OCH3 is 1. The predicted octanol–water partition coefficient (Wildman–Crippen LogP) is 2.39. The maximum atomic E-state index is 12.1. The molecule has 0 spiro atoms. The maximum absolute atomic E-state index is 12.1. The van der Waals surface area contributed by atoms with Crippen LogP contribution in [0, 0.1) is 5.41 Å². The molecule has 0 bridgehead atoms. The average Bonchev–Trinajstić information content (AvgIpc) is 2.88. The van der Waals surface area contributed by atoms with Crippen molar-refractivity contribution in [2.24, 2.45) is 5.41 Å². The second kappa shape index (κ2) is 7.01. The van der Waals surface area contributed by atoms with Crippen LogP contribution in [0.15, 0.2) is 18.2 Å². The van der Waals surface area contributed by atoms with Crippen molar-refractivity contribution in [1.29, 1.82) is 0 Å². The highest BCUT2D eigenvalue weighted by Crippen LogP contribution is 2.36. The number of nitrogens with one attached hydrogen (secondary N) is 2. The number of fused-ring (bicyclic) bond motifs is 1. The summed E-state index contributed by atoms with van der Waals surface area (Å²) >= 11 is 0. The normalized spacial score (nSPS) is 17.0. The Morgan fingerprint density at radius 2 is 2.23 bits per heavy atom. The highest BCUT2D eigenvalue weighted by Gasteiger charge is 2.27. The Hall–Kier alpha value is -1.75. The molecule has 0 fully saturated rings. The fourth-order valence-corrected chi connectivity index (χ4v) is 2.88. The zero-order chi connectivity index (χ0) is 16.2. The third-order valence-corrected chi connectivity index (χ3v) is 4.27. The summed E-state index contributed by atoms with van der Waals surface area (Å²) in [6, 6.07) is 5.84. The lowest BCUT2D eigenvalue weighted by molar-refractivity contribution is 0.200. The van der Waals surface area contributed by atoms with Crippen LogP contribution in [-0.2, 0) is 6.42 Å². The van der Waals surface area contributed by atoms with E-state index in [2.05, 4.69) is 10.6 Å². The molecule has 2 rings (SSSR count). The van der Waals surface area contributed by atoms with E-state index in [4.69, 9.17) is 9.84 Å². The first-order chi connectivity index (χ1) is 10.5. The van der Waals surface area contributed by atoms with E-state index in [1.54, 1.807) is 7.11 Å². The number of carbonyl (C=O) groups is 1. The van der Waals surface area contributed by atoms with Gasteiger partial charge < -0.3 is 20.5 Å². The van der Waals surface area contributed by atoms with Gasteiger partial charge in [0, 0.05) is 13.2 Å². The van der Waals surface area contributed by atoms with Crippen molar-refractivity contribution >= 4 is 6.03 Å². The highest BCUT2D eigenvalue weighted by atomic mass is 16.5. The Labute approximate surface area is 132 Å². The van der Waals surface area contributed by atoms with E-state index in [0.29, 0.717) is 13.0 Å². The predicted molar refractivity (Wildman–Crippen MR) is 86.1 cm³/mol. The minimum absolute atomic E-state index is 0.0334. The Kier molecular flexibility index (Phi) is 5.29. The maximum Gasteiger partial charge on any atom is 0.315 e. The van der Waals surface area contributed by atoms with Crippen molar-refractivity contribution in [1.82, 2.24) is 10.6 Å². The number of carbonyl (C=O) groups excluding carboxylic acids is 1. The fraction of sp³-hybridized carbons (Fsp3) is 0.588. The Bertz CT molecular complexity index is 529. The molecular weight excluding hydrogens is 280 g/mol. The Balaban J connectivity index is 1.92. The first-order valence-corrected chi connectivity index (χ1v) is 7.78. The molecule has 0 saturated carbocycles. The quantitative estimate of drug-likeness (QED) is 0.756. The summed E-state index contributed by atoms with van der Waals surface area (Å²) in [6.45, 7) is 4.72. The zero-order valence-corrected chi connectivity index (χ0v) is 13.6. The number of benzene rings is 1. The molecule has 0 radical (unpaired) electrons. The van der Waals surface area contributed by atoms with Gasteiger partial charge in [-0.05, 0) is 41.9 Å². The van der Waals surface area contributed by atoms with Crippen LogP contribution in [-0.4, -0.2) is 31.4 Å². The summed E-state index contributed by atoms with van der Waals surface area (Å²) in [5, 5.41) is 14.9. The number of aliphatic hydroxyl groups is 1. The summed E-state index contributed by atoms with van der Waals surface area (Å²) in [4.78, 5) is 12.1. The number of ether oxygens (including phenoxy) is 1. The van der Waals surface area contributed by atoms with Gasteiger partial charge in [0.25, 0.3) is 0 Å². The number of amides is 2. The molecule has 2 amide bonds. The third kappa shape index (κ3) is 3.91. The van der Waals surface area contributed by atoms with E-state index in [0.717, 1.165) is 24.2 Å². The molecule has 0 aromatic heterocycles. The van der Waals surface area contributed by atoms with Gasteiger partial charge in [-0.3, -0.25) is 0 Å². The third-order valence-electron chi connectivity index (χ3n) is 4.27. The van der Waals surface area contributed by atoms with Crippen LogP contribution in [0.1, 0.15) is 43.9 Å². The Morgan fingerprint density at radius 1 is 1.45 bits per heavy atom. The van der Waals surface area contributed by atoms with Crippen molar-refractivity contribution < 1.29 is 14.6 Å². The lowest BCUT2D eigenvalue weighted by Crippen LogP contribution is -2.42. The molecule has 1 aromatic rings. The van der Waals surface area contributed by atoms with E-state index in [1.165, 1.54) is 5.56 Å². The molecule has 122 valence electrons. The lowest BCUT2D eigenvalue weighted by atomic mass is 9.90. The number of urea groups is 1. The van der Waals surface area contributed by atoms with E-state index < -0.39 is 0 Å². The molecule has 5 heteroatoms. The second-order valence-electron chi connectivity index (χ2n) is 6.58. The second-order valence-corrected chi connectivity index (χ2v) is 6.58. The first-order valence-electron chi connectivity index (χ1n) is 7.78. The smallest absolute Gasteiger partial charge is 0.315 e. The molecule has 0 saturated heterocycles. The van der Waals surface area contributed by atoms with Gasteiger partial charge >= 0.3 is 6.03 Å². The molecule has 3 N–H and O–H groups in total. The number of hydrogen-bond donors (Lipinski definition) is 3. The van der Waals surface area contributed by atoms with Gasteiger partial charge in [-0.25, -0.2) is 4.79 Å². The van der Waals surface area contributed by atoms with E-state index in [9.17, 15) is 4.79 Å². The van der Waals surface area contributed by atoms with Gasteiger partial charge in [0.2, 0.25) is 0 Å². The molecule has 0 heterocycles. The average molecular weight is 306 g/mol. The molecule has 1 aliphatic carbocycles. The van der Waals surface area contributed by atoms with Gasteiger partial charge in [0.05, 0.1) is 13.2 Å². The van der Waals surface area contributed by atoms with Crippen LogP contribution < -0.4 is 15.4 Å². The number of hydrogen-bond acceptors (Lipinski definition) is 3. The van der Waals surface area contributed by atoms with Crippen LogP contribution in [0.4, 0.5) is 4.79 Å². The molecule has 0 aliphatic heterocycles. The van der Waals surface area contributed by atoms with Gasteiger partial charge in [-0.15, -0.1) is 0 Å². The van der Waals surface area contributed by atoms with Crippen LogP contribution in [0.25, 0.3) is 0 Å². The minimum Gasteiger partial charge on any atom is -0.496 e. The van der Waals surface area contributed by atoms with Crippen molar-refractivity contribution in [2.75, 3.05) is 20.3 Å². The van der Waals surface area contributed by atoms with E-state index in [1.807, 2.05) is 32.0 Å². The van der Waals surface area contributed by atoms with Gasteiger partial charge in [-0.1, -0.05) is 26.0 Å². The number of aliphatic hydroxyl groups excluding tert-OH is 1. The molecule has 5 nitrogen and oxygen atoms in total. The van der Waals surface area contributed by atoms with Crippen molar-refractivity contribution in [3.63, 3.8) is 0 Å². The monoisotopic (exact) mass is 306 g/mol. The molecule has 1 aromatic carbocycles. The molecule has 1 atom stereocenters. The van der Waals surface area contributed by atoms with Crippen molar-refractivity contribution in [2.45, 2.75) is 39.2 Å². The SMILES string of the molecule is COc1cccc2c1CCC2NC(=O)NCC(C)(C)CCO. The first kappa shape index (κ1) is 16.6. The van der Waals surface area contributed by atoms with E-state index >= 15 is 0 Å². The molecule has 22 heavy (non-hydrogen) atoms.